The predicted octanol–water partition coefficient (Wildman–Crippen LogP) is -0.0314. The average molecular weight is 243 g/mol. The second-order valence-electron chi connectivity index (χ2n) is 3.95. The summed E-state index contributed by atoms with van der Waals surface area (Å²) in [6.07, 6.45) is 0. The van der Waals surface area contributed by atoms with Gasteiger partial charge in [0.25, 0.3) is 5.56 Å². The highest BCUT2D eigenvalue weighted by Gasteiger charge is 2.03. The maximum absolute atomic E-state index is 11.4. The Morgan fingerprint density at radius 2 is 1.89 bits per heavy atom. The van der Waals surface area contributed by atoms with E-state index >= 15 is 0 Å². The van der Waals surface area contributed by atoms with Crippen LogP contribution >= 0.6 is 0 Å². The number of carbonyl (C=O) groups is 1. The summed E-state index contributed by atoms with van der Waals surface area (Å²) < 4.78 is 0.879. The summed E-state index contributed by atoms with van der Waals surface area (Å²) in [4.78, 5) is 21.9. The first-order valence-electron chi connectivity index (χ1n) is 5.41. The molecule has 5 nitrogen and oxygen atoms in total. The van der Waals surface area contributed by atoms with Gasteiger partial charge in [-0.15, -0.1) is 0 Å². The highest BCUT2D eigenvalue weighted by molar-refractivity contribution is 5.64. The van der Waals surface area contributed by atoms with Crippen molar-refractivity contribution in [2.75, 3.05) is 0 Å². The lowest BCUT2D eigenvalue weighted by Gasteiger charge is -2.07. The van der Waals surface area contributed by atoms with E-state index in [2.05, 4.69) is 5.10 Å². The molecule has 5 heteroatoms. The van der Waals surface area contributed by atoms with E-state index in [9.17, 15) is 14.7 Å². The van der Waals surface area contributed by atoms with E-state index in [0.717, 1.165) is 15.8 Å². The van der Waals surface area contributed by atoms with Crippen molar-refractivity contribution in [1.29, 1.82) is 0 Å². The predicted molar refractivity (Wildman–Crippen MR) is 63.7 cm³/mol. The number of benzene rings is 1. The molecule has 1 heterocycles. The van der Waals surface area contributed by atoms with Crippen molar-refractivity contribution in [2.24, 2.45) is 0 Å². The first-order valence-corrected chi connectivity index (χ1v) is 5.41. The van der Waals surface area contributed by atoms with Crippen molar-refractivity contribution >= 4 is 5.97 Å². The number of nitrogens with zero attached hydrogens (tertiary/aromatic N) is 2. The van der Waals surface area contributed by atoms with Crippen LogP contribution in [0.2, 0.25) is 0 Å². The Hall–Kier alpha value is -2.43. The summed E-state index contributed by atoms with van der Waals surface area (Å²) >= 11 is 0. The average Bonchev–Trinajstić information content (AvgIpc) is 2.32. The highest BCUT2D eigenvalue weighted by Crippen LogP contribution is 2.15. The minimum Gasteiger partial charge on any atom is -0.548 e. The molecule has 2 rings (SSSR count). The zero-order valence-electron chi connectivity index (χ0n) is 9.79. The van der Waals surface area contributed by atoms with Crippen molar-refractivity contribution in [3.8, 4) is 11.3 Å². The molecule has 92 valence electrons. The Balaban J connectivity index is 2.43. The Bertz CT molecular complexity index is 629. The SMILES string of the molecule is Cc1ccc(-c2ccc(=O)n(CC(=O)[O-])n2)cc1. The highest BCUT2D eigenvalue weighted by atomic mass is 16.4. The molecule has 0 aliphatic carbocycles. The van der Waals surface area contributed by atoms with Crippen LogP contribution in [-0.2, 0) is 11.3 Å². The number of aryl methyl sites for hydroxylation is 1. The standard InChI is InChI=1S/C13H12N2O3/c1-9-2-4-10(5-3-9)11-6-7-12(16)15(14-11)8-13(17)18/h2-7H,8H2,1H3,(H,17,18)/p-1. The molecule has 0 amide bonds. The van der Waals surface area contributed by atoms with E-state index < -0.39 is 18.1 Å². The third-order valence-electron chi connectivity index (χ3n) is 2.49. The van der Waals surface area contributed by atoms with Crippen molar-refractivity contribution in [3.05, 3.63) is 52.3 Å². The van der Waals surface area contributed by atoms with Gasteiger partial charge in [-0.1, -0.05) is 29.8 Å². The van der Waals surface area contributed by atoms with Crippen LogP contribution in [0.5, 0.6) is 0 Å². The summed E-state index contributed by atoms with van der Waals surface area (Å²) in [5.41, 5.74) is 2.03. The third-order valence-corrected chi connectivity index (χ3v) is 2.49. The fourth-order valence-electron chi connectivity index (χ4n) is 1.56. The number of aromatic nitrogens is 2. The molecule has 0 saturated heterocycles. The van der Waals surface area contributed by atoms with E-state index in [4.69, 9.17) is 0 Å². The van der Waals surface area contributed by atoms with Gasteiger partial charge in [-0.25, -0.2) is 4.68 Å². The van der Waals surface area contributed by atoms with Crippen molar-refractivity contribution < 1.29 is 9.90 Å². The van der Waals surface area contributed by atoms with Crippen molar-refractivity contribution in [2.45, 2.75) is 13.5 Å². The molecule has 1 aromatic carbocycles. The van der Waals surface area contributed by atoms with Crippen LogP contribution in [0.15, 0.2) is 41.2 Å². The fourth-order valence-corrected chi connectivity index (χ4v) is 1.56. The number of aliphatic carboxylic acids is 1. The minimum absolute atomic E-state index is 0.463. The Morgan fingerprint density at radius 3 is 2.50 bits per heavy atom. The van der Waals surface area contributed by atoms with E-state index in [1.165, 1.54) is 6.07 Å². The molecule has 0 fully saturated rings. The first kappa shape index (κ1) is 12.0. The van der Waals surface area contributed by atoms with Crippen LogP contribution in [0.3, 0.4) is 0 Å². The summed E-state index contributed by atoms with van der Waals surface area (Å²) in [5, 5.41) is 14.5. The lowest BCUT2D eigenvalue weighted by molar-refractivity contribution is -0.306. The van der Waals surface area contributed by atoms with Crippen LogP contribution in [0.25, 0.3) is 11.3 Å². The normalized spacial score (nSPS) is 10.3. The van der Waals surface area contributed by atoms with Gasteiger partial charge in [0.2, 0.25) is 0 Å². The maximum atomic E-state index is 11.4. The Morgan fingerprint density at radius 1 is 1.22 bits per heavy atom. The molecular weight excluding hydrogens is 232 g/mol. The number of carboxylic acid groups (broad SMARTS) is 1. The Labute approximate surface area is 103 Å². The summed E-state index contributed by atoms with van der Waals surface area (Å²) in [6.45, 7) is 1.42. The van der Waals surface area contributed by atoms with E-state index in [-0.39, 0.29) is 0 Å². The lowest BCUT2D eigenvalue weighted by atomic mass is 10.1. The molecular formula is C13H11N2O3-. The van der Waals surface area contributed by atoms with Gasteiger partial charge in [-0.2, -0.15) is 5.10 Å². The molecule has 1 aromatic heterocycles. The molecule has 0 saturated carbocycles. The van der Waals surface area contributed by atoms with Crippen LogP contribution in [0.4, 0.5) is 0 Å². The van der Waals surface area contributed by atoms with Gasteiger partial charge >= 0.3 is 0 Å². The summed E-state index contributed by atoms with van der Waals surface area (Å²) in [7, 11) is 0. The van der Waals surface area contributed by atoms with Crippen LogP contribution < -0.4 is 10.7 Å². The fraction of sp³-hybridized carbons (Fsp3) is 0.154. The molecule has 0 aliphatic rings. The second kappa shape index (κ2) is 4.83. The maximum Gasteiger partial charge on any atom is 0.267 e. The first-order chi connectivity index (χ1) is 8.56. The molecule has 0 bridgehead atoms. The minimum atomic E-state index is -1.34. The number of hydrogen-bond acceptors (Lipinski definition) is 4. The van der Waals surface area contributed by atoms with Gasteiger partial charge in [-0.05, 0) is 13.0 Å². The number of carboxylic acids is 1. The zero-order chi connectivity index (χ0) is 13.1. The smallest absolute Gasteiger partial charge is 0.267 e. The van der Waals surface area contributed by atoms with Crippen LogP contribution in [-0.4, -0.2) is 15.7 Å². The Kier molecular flexibility index (Phi) is 3.23. The van der Waals surface area contributed by atoms with Gasteiger partial charge in [0, 0.05) is 11.6 Å². The molecule has 0 unspecified atom stereocenters. The van der Waals surface area contributed by atoms with Gasteiger partial charge in [0.15, 0.2) is 0 Å². The summed E-state index contributed by atoms with van der Waals surface area (Å²) in [5.74, 6) is -1.34. The van der Waals surface area contributed by atoms with Crippen LogP contribution in [0.1, 0.15) is 5.56 Å². The van der Waals surface area contributed by atoms with E-state index in [1.807, 2.05) is 31.2 Å². The molecule has 0 atom stereocenters. The van der Waals surface area contributed by atoms with Crippen LogP contribution in [0, 0.1) is 6.92 Å². The van der Waals surface area contributed by atoms with Gasteiger partial charge < -0.3 is 9.90 Å². The molecule has 18 heavy (non-hydrogen) atoms. The largest absolute Gasteiger partial charge is 0.548 e. The number of rotatable bonds is 3. The molecule has 0 radical (unpaired) electrons. The zero-order valence-corrected chi connectivity index (χ0v) is 9.79. The van der Waals surface area contributed by atoms with Gasteiger partial charge in [0.1, 0.15) is 0 Å². The van der Waals surface area contributed by atoms with Crippen molar-refractivity contribution in [1.82, 2.24) is 9.78 Å². The van der Waals surface area contributed by atoms with Gasteiger partial charge in [0.05, 0.1) is 18.2 Å². The topological polar surface area (TPSA) is 75.0 Å². The van der Waals surface area contributed by atoms with E-state index in [1.54, 1.807) is 6.07 Å². The quantitative estimate of drug-likeness (QED) is 0.758. The van der Waals surface area contributed by atoms with E-state index in [0.29, 0.717) is 5.69 Å². The molecule has 0 aliphatic heterocycles. The second-order valence-corrected chi connectivity index (χ2v) is 3.95. The van der Waals surface area contributed by atoms with Crippen molar-refractivity contribution in [3.63, 3.8) is 0 Å². The van der Waals surface area contributed by atoms with Gasteiger partial charge in [-0.3, -0.25) is 4.79 Å². The number of carbonyl (C=O) groups excluding carboxylic acids is 1. The number of hydrogen-bond donors (Lipinski definition) is 0. The molecule has 0 N–H and O–H groups in total. The summed E-state index contributed by atoms with van der Waals surface area (Å²) in [6, 6.07) is 10.4. The third kappa shape index (κ3) is 2.63. The molecule has 2 aromatic rings. The molecule has 0 spiro atoms. The monoisotopic (exact) mass is 243 g/mol. The lowest BCUT2D eigenvalue weighted by Crippen LogP contribution is -2.34.